The first-order chi connectivity index (χ1) is 32.5. The highest BCUT2D eigenvalue weighted by Crippen LogP contribution is 2.47. The molecule has 0 radical (unpaired) electrons. The largest absolute Gasteiger partial charge is 0.497 e. The summed E-state index contributed by atoms with van der Waals surface area (Å²) in [5.74, 6) is 2.01. The Kier molecular flexibility index (Phi) is 19.0. The van der Waals surface area contributed by atoms with Gasteiger partial charge in [-0.15, -0.1) is 6.58 Å². The van der Waals surface area contributed by atoms with Crippen LogP contribution in [-0.4, -0.2) is 58.7 Å². The molecule has 354 valence electrons. The normalized spacial score (nSPS) is 20.9. The van der Waals surface area contributed by atoms with Gasteiger partial charge in [0, 0.05) is 46.5 Å². The summed E-state index contributed by atoms with van der Waals surface area (Å²) in [7, 11) is 0.628. The van der Waals surface area contributed by atoms with Gasteiger partial charge in [-0.2, -0.15) is 0 Å². The number of piperidine rings is 3. The van der Waals surface area contributed by atoms with Crippen molar-refractivity contribution in [3.05, 3.63) is 150 Å². The molecule has 7 nitrogen and oxygen atoms in total. The summed E-state index contributed by atoms with van der Waals surface area (Å²) in [6, 6.07) is 36.3. The minimum atomic E-state index is -1.05. The maximum absolute atomic E-state index is 15.1. The monoisotopic (exact) mass is 912 g/mol. The molecule has 0 aromatic heterocycles. The van der Waals surface area contributed by atoms with Gasteiger partial charge in [-0.25, -0.2) is 4.79 Å². The Morgan fingerprint density at radius 3 is 1.80 bits per heavy atom. The van der Waals surface area contributed by atoms with E-state index in [1.165, 1.54) is 89.9 Å². The third-order valence-corrected chi connectivity index (χ3v) is 16.4. The number of nitrogens with zero attached hydrogens (tertiary/aromatic N) is 1. The molecule has 7 atom stereocenters. The number of ether oxygens (including phenoxy) is 2. The van der Waals surface area contributed by atoms with Crippen molar-refractivity contribution in [1.29, 1.82) is 0 Å². The van der Waals surface area contributed by atoms with Crippen LogP contribution in [0.3, 0.4) is 0 Å². The number of unbranched alkanes of at least 4 members (excludes halogenated alkanes) is 15. The highest BCUT2D eigenvalue weighted by Gasteiger charge is 2.51. The van der Waals surface area contributed by atoms with E-state index in [0.29, 0.717) is 12.3 Å². The molecule has 0 saturated carbocycles. The van der Waals surface area contributed by atoms with Gasteiger partial charge in [0.2, 0.25) is 0 Å². The standard InChI is InChI=1S/C58H77N3O4S/c1-4-6-7-8-9-10-11-12-13-14-15-16-17-18-19-29-40-66(63)55-42-46-41-54(61(55)44-45(46)5-2)56(51-38-39-59-53-37-36-50(64-3)43-52(51)53)65-57(62)60-58(47-30-23-20-24-31-47,48-32-25-21-26-33-48)49-34-27-22-28-35-49/h5,20-28,30-38,43,45-46,54-56,59H,2,4,6-19,29,39-42,44H2,1,3H3,(H,60,62)/t45-,46?,54-,55?,56+,66?/m0/s1. The van der Waals surface area contributed by atoms with E-state index in [4.69, 9.17) is 9.47 Å². The number of nitrogens with one attached hydrogen (secondary N) is 2. The third-order valence-electron chi connectivity index (χ3n) is 14.6. The average Bonchev–Trinajstić information content (AvgIpc) is 3.37. The second kappa shape index (κ2) is 25.5. The number of hydrogen-bond donors (Lipinski definition) is 2. The predicted octanol–water partition coefficient (Wildman–Crippen LogP) is 13.8. The van der Waals surface area contributed by atoms with Crippen molar-refractivity contribution in [2.45, 2.75) is 146 Å². The highest BCUT2D eigenvalue weighted by molar-refractivity contribution is 7.85. The van der Waals surface area contributed by atoms with Crippen LogP contribution >= 0.6 is 0 Å². The fourth-order valence-electron chi connectivity index (χ4n) is 11.0. The van der Waals surface area contributed by atoms with Crippen LogP contribution in [0.4, 0.5) is 10.5 Å². The molecule has 4 aromatic carbocycles. The molecular weight excluding hydrogens is 835 g/mol. The Morgan fingerprint density at radius 2 is 1.30 bits per heavy atom. The number of carbonyl (C=O) groups excluding carboxylic acids is 1. The summed E-state index contributed by atoms with van der Waals surface area (Å²) in [6.07, 6.45) is 25.9. The second-order valence-electron chi connectivity index (χ2n) is 19.0. The summed E-state index contributed by atoms with van der Waals surface area (Å²) < 4.78 is 27.2. The van der Waals surface area contributed by atoms with E-state index < -0.39 is 28.5 Å². The number of fused-ring (bicyclic) bond motifs is 4. The van der Waals surface area contributed by atoms with Crippen molar-refractivity contribution in [2.24, 2.45) is 11.8 Å². The maximum atomic E-state index is 15.1. The van der Waals surface area contributed by atoms with E-state index in [1.54, 1.807) is 7.11 Å². The summed E-state index contributed by atoms with van der Waals surface area (Å²) >= 11 is 0. The van der Waals surface area contributed by atoms with Gasteiger partial charge in [-0.05, 0) is 66.0 Å². The number of amides is 1. The van der Waals surface area contributed by atoms with Crippen molar-refractivity contribution in [3.63, 3.8) is 0 Å². The minimum Gasteiger partial charge on any atom is -0.497 e. The van der Waals surface area contributed by atoms with Gasteiger partial charge in [0.25, 0.3) is 0 Å². The zero-order valence-electron chi connectivity index (χ0n) is 40.0. The molecule has 8 heteroatoms. The molecule has 0 spiro atoms. The number of anilines is 1. The fourth-order valence-corrected chi connectivity index (χ4v) is 12.8. The van der Waals surface area contributed by atoms with Crippen molar-refractivity contribution in [3.8, 4) is 5.75 Å². The van der Waals surface area contributed by atoms with Gasteiger partial charge in [0.15, 0.2) is 0 Å². The molecular formula is C58H77N3O4S. The molecule has 4 aliphatic heterocycles. The van der Waals surface area contributed by atoms with Gasteiger partial charge in [-0.3, -0.25) is 9.11 Å². The number of alkyl carbamates (subject to hydrolysis) is 1. The van der Waals surface area contributed by atoms with Crippen LogP contribution in [0, 0.1) is 11.8 Å². The molecule has 4 aliphatic rings. The smallest absolute Gasteiger partial charge is 0.409 e. The van der Waals surface area contributed by atoms with Crippen LogP contribution < -0.4 is 15.4 Å². The minimum absolute atomic E-state index is 0.111. The van der Waals surface area contributed by atoms with E-state index in [2.05, 4.69) is 77.6 Å². The Balaban J connectivity index is 1.06. The lowest BCUT2D eigenvalue weighted by atomic mass is 9.72. The Hall–Kier alpha value is -4.66. The number of carbonyl (C=O) groups is 1. The van der Waals surface area contributed by atoms with Gasteiger partial charge in [0.05, 0.1) is 18.5 Å². The maximum Gasteiger partial charge on any atom is 0.409 e. The van der Waals surface area contributed by atoms with Crippen LogP contribution in [0.25, 0.3) is 5.57 Å². The van der Waals surface area contributed by atoms with Crippen LogP contribution in [0.1, 0.15) is 145 Å². The molecule has 0 aliphatic carbocycles. The molecule has 3 saturated heterocycles. The van der Waals surface area contributed by atoms with Crippen molar-refractivity contribution < 1.29 is 18.5 Å². The number of rotatable bonds is 27. The predicted molar refractivity (Wildman–Crippen MR) is 275 cm³/mol. The molecule has 66 heavy (non-hydrogen) atoms. The summed E-state index contributed by atoms with van der Waals surface area (Å²) in [6.45, 7) is 7.88. The number of hydrogen-bond acceptors (Lipinski definition) is 6. The Bertz CT molecular complexity index is 2050. The van der Waals surface area contributed by atoms with Gasteiger partial charge >= 0.3 is 6.09 Å². The first-order valence-corrected chi connectivity index (χ1v) is 26.9. The van der Waals surface area contributed by atoms with Crippen LogP contribution in [0.15, 0.2) is 128 Å². The first-order valence-electron chi connectivity index (χ1n) is 25.5. The van der Waals surface area contributed by atoms with Gasteiger partial charge in [-0.1, -0.05) is 206 Å². The van der Waals surface area contributed by atoms with Crippen LogP contribution in [0.2, 0.25) is 0 Å². The molecule has 2 bridgehead atoms. The van der Waals surface area contributed by atoms with E-state index in [-0.39, 0.29) is 23.3 Å². The molecule has 4 unspecified atom stereocenters. The molecule has 1 amide bonds. The summed E-state index contributed by atoms with van der Waals surface area (Å²) in [4.78, 5) is 17.6. The Morgan fingerprint density at radius 1 is 0.773 bits per heavy atom. The fraction of sp³-hybridized carbons (Fsp3) is 0.500. The zero-order valence-corrected chi connectivity index (χ0v) is 40.8. The highest BCUT2D eigenvalue weighted by atomic mass is 32.2. The van der Waals surface area contributed by atoms with Crippen molar-refractivity contribution in [1.82, 2.24) is 10.2 Å². The van der Waals surface area contributed by atoms with Crippen molar-refractivity contribution >= 4 is 28.2 Å². The first kappa shape index (κ1) is 49.3. The summed E-state index contributed by atoms with van der Waals surface area (Å²) in [5.41, 5.74) is 4.58. The second-order valence-corrected chi connectivity index (χ2v) is 20.7. The average molecular weight is 912 g/mol. The van der Waals surface area contributed by atoms with E-state index in [9.17, 15) is 4.21 Å². The lowest BCUT2D eigenvalue weighted by Crippen LogP contribution is -2.63. The lowest BCUT2D eigenvalue weighted by molar-refractivity contribution is -0.0425. The number of benzene rings is 4. The molecule has 4 heterocycles. The zero-order chi connectivity index (χ0) is 46.0. The van der Waals surface area contributed by atoms with Crippen LogP contribution in [-0.2, 0) is 21.1 Å². The van der Waals surface area contributed by atoms with E-state index in [0.717, 1.165) is 71.5 Å². The van der Waals surface area contributed by atoms with Crippen molar-refractivity contribution in [2.75, 3.05) is 31.3 Å². The molecule has 4 aromatic rings. The molecule has 8 rings (SSSR count). The third kappa shape index (κ3) is 12.5. The van der Waals surface area contributed by atoms with Crippen LogP contribution in [0.5, 0.6) is 5.75 Å². The summed E-state index contributed by atoms with van der Waals surface area (Å²) in [5, 5.41) is 6.91. The van der Waals surface area contributed by atoms with E-state index in [1.807, 2.05) is 72.8 Å². The SMILES string of the molecule is C=C[C@H]1CN2C(S(=O)CCCCCCCCCCCCCCCCCC)CC1C[C@H]2[C@H](OC(=O)NC(c1ccccc1)(c1ccccc1)c1ccccc1)C1=CCNc2ccc(OC)cc21. The number of methoxy groups -OCH3 is 1. The molecule has 3 fully saturated rings. The van der Waals surface area contributed by atoms with E-state index >= 15 is 4.79 Å². The van der Waals surface area contributed by atoms with Gasteiger partial charge < -0.3 is 20.1 Å². The lowest BCUT2D eigenvalue weighted by Gasteiger charge is -2.55. The topological polar surface area (TPSA) is 79.9 Å². The Labute approximate surface area is 399 Å². The van der Waals surface area contributed by atoms with Gasteiger partial charge in [0.1, 0.15) is 17.4 Å². The molecule has 2 N–H and O–H groups in total. The quantitative estimate of drug-likeness (QED) is 0.0352.